The molecule has 2 nitrogen and oxygen atoms in total. The highest BCUT2D eigenvalue weighted by Gasteiger charge is 2.16. The SMILES string of the molecule is Cc1cccc(N(c2ccc(-c3ccc(/C=C/c4ccc(-c5ccc(/C=C/c6ccc(-c7ccc(N(c8ccc(C(C)C)cc8)c8cccc(C)c8)cc7)cc6)cc5)cc4)cc3)cc2)c2ccc(C(C)C)cc2)c1. The Bertz CT molecular complexity index is 3250. The highest BCUT2D eigenvalue weighted by Crippen LogP contribution is 2.39. The van der Waals surface area contributed by atoms with E-state index in [0.717, 1.165) is 34.1 Å². The Kier molecular flexibility index (Phi) is 14.8. The first-order valence-corrected chi connectivity index (χ1v) is 26.0. The minimum Gasteiger partial charge on any atom is -0.310 e. The molecule has 0 fully saturated rings. The third kappa shape index (κ3) is 11.6. The summed E-state index contributed by atoms with van der Waals surface area (Å²) in [5.74, 6) is 0.986. The van der Waals surface area contributed by atoms with E-state index in [-0.39, 0.29) is 0 Å². The summed E-state index contributed by atoms with van der Waals surface area (Å²) in [6.45, 7) is 13.3. The van der Waals surface area contributed by atoms with Crippen LogP contribution in [0.4, 0.5) is 34.1 Å². The van der Waals surface area contributed by atoms with Gasteiger partial charge in [0.2, 0.25) is 0 Å². The molecule has 362 valence electrons. The molecule has 10 aromatic rings. The van der Waals surface area contributed by atoms with Crippen LogP contribution in [0, 0.1) is 13.8 Å². The summed E-state index contributed by atoms with van der Waals surface area (Å²) in [5.41, 5.74) is 23.9. The first-order valence-electron chi connectivity index (χ1n) is 26.0. The molecule has 0 spiro atoms. The van der Waals surface area contributed by atoms with E-state index in [1.54, 1.807) is 0 Å². The Hall–Kier alpha value is -8.72. The molecule has 2 heteroatoms. The maximum Gasteiger partial charge on any atom is 0.0464 e. The van der Waals surface area contributed by atoms with Crippen LogP contribution in [0.2, 0.25) is 0 Å². The number of aryl methyl sites for hydroxylation is 2. The van der Waals surface area contributed by atoms with Crippen LogP contribution in [-0.4, -0.2) is 0 Å². The van der Waals surface area contributed by atoms with E-state index in [0.29, 0.717) is 11.8 Å². The van der Waals surface area contributed by atoms with Crippen molar-refractivity contribution < 1.29 is 0 Å². The highest BCUT2D eigenvalue weighted by molar-refractivity contribution is 5.82. The number of rotatable bonds is 15. The minimum absolute atomic E-state index is 0.493. The van der Waals surface area contributed by atoms with Gasteiger partial charge < -0.3 is 9.80 Å². The van der Waals surface area contributed by atoms with Crippen LogP contribution in [0.25, 0.3) is 57.7 Å². The molecular weight excluding hydrogens is 893 g/mol. The molecule has 0 aliphatic heterocycles. The summed E-state index contributed by atoms with van der Waals surface area (Å²) >= 11 is 0. The maximum atomic E-state index is 2.34. The van der Waals surface area contributed by atoms with Gasteiger partial charge in [0.05, 0.1) is 0 Å². The van der Waals surface area contributed by atoms with Gasteiger partial charge in [-0.05, 0) is 176 Å². The molecule has 0 aliphatic rings. The number of hydrogen-bond acceptors (Lipinski definition) is 2. The van der Waals surface area contributed by atoms with Crippen LogP contribution >= 0.6 is 0 Å². The van der Waals surface area contributed by atoms with Gasteiger partial charge in [-0.3, -0.25) is 0 Å². The van der Waals surface area contributed by atoms with Gasteiger partial charge in [0.15, 0.2) is 0 Å². The van der Waals surface area contributed by atoms with E-state index in [1.165, 1.54) is 77.9 Å². The Balaban J connectivity index is 0.743. The van der Waals surface area contributed by atoms with Gasteiger partial charge in [-0.1, -0.05) is 222 Å². The van der Waals surface area contributed by atoms with Gasteiger partial charge in [-0.2, -0.15) is 0 Å². The lowest BCUT2D eigenvalue weighted by atomic mass is 10.0. The standard InChI is InChI=1S/C72H64N2/c1-51(2)59-33-41-67(42-34-59)73(71-11-7-9-53(5)49-71)69-45-37-65(38-46-69)63-29-21-57(22-30-63)15-13-55-17-25-61(26-18-55)62-27-19-56(20-28-62)14-16-58-23-31-64(32-24-58)66-39-47-70(48-40-66)74(72-12-8-10-54(6)50-72)68-43-35-60(36-44-68)52(3)4/h7-52H,1-6H3/b15-13+,16-14+. The Morgan fingerprint density at radius 2 is 0.486 bits per heavy atom. The molecule has 0 bridgehead atoms. The lowest BCUT2D eigenvalue weighted by Crippen LogP contribution is -2.10. The van der Waals surface area contributed by atoms with Crippen molar-refractivity contribution in [3.05, 3.63) is 287 Å². The van der Waals surface area contributed by atoms with Crippen LogP contribution in [-0.2, 0) is 0 Å². The normalized spacial score (nSPS) is 11.5. The fourth-order valence-corrected chi connectivity index (χ4v) is 9.58. The lowest BCUT2D eigenvalue weighted by Gasteiger charge is -2.26. The van der Waals surface area contributed by atoms with Crippen LogP contribution in [0.1, 0.15) is 84.0 Å². The summed E-state index contributed by atoms with van der Waals surface area (Å²) in [7, 11) is 0. The molecule has 0 N–H and O–H groups in total. The van der Waals surface area contributed by atoms with Crippen LogP contribution < -0.4 is 9.80 Å². The van der Waals surface area contributed by atoms with Crippen LogP contribution in [0.3, 0.4) is 0 Å². The first kappa shape index (κ1) is 48.9. The zero-order valence-corrected chi connectivity index (χ0v) is 43.5. The summed E-state index contributed by atoms with van der Waals surface area (Å²) in [6.07, 6.45) is 8.75. The number of anilines is 6. The third-order valence-electron chi connectivity index (χ3n) is 14.0. The van der Waals surface area contributed by atoms with E-state index in [1.807, 2.05) is 0 Å². The molecule has 0 radical (unpaired) electrons. The molecule has 0 amide bonds. The Labute approximate surface area is 439 Å². The van der Waals surface area contributed by atoms with Crippen molar-refractivity contribution in [2.75, 3.05) is 9.80 Å². The Morgan fingerprint density at radius 1 is 0.257 bits per heavy atom. The number of nitrogens with zero attached hydrogens (tertiary/aromatic N) is 2. The smallest absolute Gasteiger partial charge is 0.0464 e. The van der Waals surface area contributed by atoms with Crippen molar-refractivity contribution in [2.45, 2.75) is 53.4 Å². The molecule has 74 heavy (non-hydrogen) atoms. The molecule has 0 aromatic heterocycles. The van der Waals surface area contributed by atoms with E-state index >= 15 is 0 Å². The van der Waals surface area contributed by atoms with Crippen LogP contribution in [0.5, 0.6) is 0 Å². The molecule has 10 rings (SSSR count). The van der Waals surface area contributed by atoms with Crippen molar-refractivity contribution in [3.63, 3.8) is 0 Å². The molecule has 0 heterocycles. The van der Waals surface area contributed by atoms with Gasteiger partial charge >= 0.3 is 0 Å². The number of benzene rings is 10. The van der Waals surface area contributed by atoms with E-state index in [4.69, 9.17) is 0 Å². The van der Waals surface area contributed by atoms with E-state index in [9.17, 15) is 0 Å². The second-order valence-corrected chi connectivity index (χ2v) is 20.1. The Morgan fingerprint density at radius 3 is 0.716 bits per heavy atom. The van der Waals surface area contributed by atoms with Gasteiger partial charge in [0.1, 0.15) is 0 Å². The second-order valence-electron chi connectivity index (χ2n) is 20.1. The molecule has 0 atom stereocenters. The summed E-state index contributed by atoms with van der Waals surface area (Å²) in [4.78, 5) is 4.68. The van der Waals surface area contributed by atoms with Crippen molar-refractivity contribution >= 4 is 58.4 Å². The molecule has 0 saturated carbocycles. The molecule has 0 saturated heterocycles. The van der Waals surface area contributed by atoms with Crippen molar-refractivity contribution in [1.29, 1.82) is 0 Å². The summed E-state index contributed by atoms with van der Waals surface area (Å²) in [5, 5.41) is 0. The van der Waals surface area contributed by atoms with E-state index < -0.39 is 0 Å². The predicted octanol–water partition coefficient (Wildman–Crippen LogP) is 20.8. The molecule has 0 aliphatic carbocycles. The topological polar surface area (TPSA) is 6.48 Å². The zero-order valence-electron chi connectivity index (χ0n) is 43.5. The monoisotopic (exact) mass is 957 g/mol. The van der Waals surface area contributed by atoms with Gasteiger partial charge in [0.25, 0.3) is 0 Å². The predicted molar refractivity (Wildman–Crippen MR) is 321 cm³/mol. The third-order valence-corrected chi connectivity index (χ3v) is 14.0. The maximum absolute atomic E-state index is 2.34. The van der Waals surface area contributed by atoms with Gasteiger partial charge in [-0.15, -0.1) is 0 Å². The fourth-order valence-electron chi connectivity index (χ4n) is 9.58. The largest absolute Gasteiger partial charge is 0.310 e. The highest BCUT2D eigenvalue weighted by atomic mass is 15.1. The molecule has 0 unspecified atom stereocenters. The first-order chi connectivity index (χ1) is 36.1. The average Bonchev–Trinajstić information content (AvgIpc) is 3.43. The molecular formula is C72H64N2. The molecule has 10 aromatic carbocycles. The van der Waals surface area contributed by atoms with Crippen molar-refractivity contribution in [2.24, 2.45) is 0 Å². The van der Waals surface area contributed by atoms with Gasteiger partial charge in [-0.25, -0.2) is 0 Å². The zero-order chi connectivity index (χ0) is 51.0. The summed E-state index contributed by atoms with van der Waals surface area (Å²) < 4.78 is 0. The summed E-state index contributed by atoms with van der Waals surface area (Å²) in [6, 6.07) is 88.4. The van der Waals surface area contributed by atoms with Crippen LogP contribution in [0.15, 0.2) is 243 Å². The number of hydrogen-bond donors (Lipinski definition) is 0. The van der Waals surface area contributed by atoms with Gasteiger partial charge in [0, 0.05) is 34.1 Å². The minimum atomic E-state index is 0.493. The fraction of sp³-hybridized carbons (Fsp3) is 0.111. The quantitative estimate of drug-likeness (QED) is 0.0945. The van der Waals surface area contributed by atoms with Crippen molar-refractivity contribution in [1.82, 2.24) is 0 Å². The van der Waals surface area contributed by atoms with E-state index in [2.05, 4.69) is 318 Å². The lowest BCUT2D eigenvalue weighted by molar-refractivity contribution is 0.866. The second kappa shape index (κ2) is 22.4. The average molecular weight is 957 g/mol. The van der Waals surface area contributed by atoms with Crippen molar-refractivity contribution in [3.8, 4) is 33.4 Å².